The Kier molecular flexibility index (Phi) is 5.09. The van der Waals surface area contributed by atoms with Gasteiger partial charge < -0.3 is 9.84 Å². The lowest BCUT2D eigenvalue weighted by atomic mass is 10.1. The number of carbonyl (C=O) groups is 1. The van der Waals surface area contributed by atoms with Crippen molar-refractivity contribution in [2.24, 2.45) is 0 Å². The summed E-state index contributed by atoms with van der Waals surface area (Å²) in [6, 6.07) is 12.6. The third kappa shape index (κ3) is 4.02. The van der Waals surface area contributed by atoms with Crippen molar-refractivity contribution >= 4 is 28.6 Å². The van der Waals surface area contributed by atoms with Crippen LogP contribution in [0.15, 0.2) is 64.2 Å². The van der Waals surface area contributed by atoms with Crippen LogP contribution in [0.25, 0.3) is 22.4 Å². The Bertz CT molecular complexity index is 1230. The molecule has 0 fully saturated rings. The third-order valence-electron chi connectivity index (χ3n) is 4.30. The zero-order chi connectivity index (χ0) is 20.4. The van der Waals surface area contributed by atoms with Crippen LogP contribution in [0, 0.1) is 5.82 Å². The monoisotopic (exact) mass is 412 g/mol. The number of rotatable bonds is 5. The van der Waals surface area contributed by atoms with Crippen molar-refractivity contribution in [2.75, 3.05) is 0 Å². The summed E-state index contributed by atoms with van der Waals surface area (Å²) in [6.07, 6.45) is 1.24. The fourth-order valence-corrected chi connectivity index (χ4v) is 2.94. The minimum Gasteiger partial charge on any atom is -0.350 e. The average molecular weight is 413 g/mol. The minimum atomic E-state index is -0.446. The molecule has 0 spiro atoms. The number of fused-ring (bicyclic) bond motifs is 1. The molecule has 1 N–H and O–H groups in total. The summed E-state index contributed by atoms with van der Waals surface area (Å²) in [6.45, 7) is -0.0129. The van der Waals surface area contributed by atoms with Gasteiger partial charge in [0.15, 0.2) is 0 Å². The molecular weight excluding hydrogens is 399 g/mol. The highest BCUT2D eigenvalue weighted by molar-refractivity contribution is 6.30. The SMILES string of the molecule is O=C(Cn1cnc2onc(-c3ccc(Cl)cc3)c2c1=O)NCc1ccc(F)cc1. The van der Waals surface area contributed by atoms with Crippen LogP contribution in [0.4, 0.5) is 4.39 Å². The van der Waals surface area contributed by atoms with E-state index < -0.39 is 5.56 Å². The quantitative estimate of drug-likeness (QED) is 0.543. The number of benzene rings is 2. The summed E-state index contributed by atoms with van der Waals surface area (Å²) in [5, 5.41) is 7.35. The Balaban J connectivity index is 1.56. The molecule has 29 heavy (non-hydrogen) atoms. The van der Waals surface area contributed by atoms with E-state index in [1.54, 1.807) is 36.4 Å². The molecule has 2 aromatic heterocycles. The summed E-state index contributed by atoms with van der Waals surface area (Å²) in [7, 11) is 0. The van der Waals surface area contributed by atoms with Crippen LogP contribution < -0.4 is 10.9 Å². The molecule has 0 unspecified atom stereocenters. The van der Waals surface area contributed by atoms with Gasteiger partial charge in [-0.15, -0.1) is 0 Å². The van der Waals surface area contributed by atoms with Crippen LogP contribution in [0.1, 0.15) is 5.56 Å². The third-order valence-corrected chi connectivity index (χ3v) is 4.55. The van der Waals surface area contributed by atoms with E-state index in [4.69, 9.17) is 16.1 Å². The molecular formula is C20H14ClFN4O3. The summed E-state index contributed by atoms with van der Waals surface area (Å²) < 4.78 is 19.3. The smallest absolute Gasteiger partial charge is 0.267 e. The second kappa shape index (κ2) is 7.84. The average Bonchev–Trinajstić information content (AvgIpc) is 3.15. The van der Waals surface area contributed by atoms with E-state index in [1.807, 2.05) is 0 Å². The first-order valence-corrected chi connectivity index (χ1v) is 9.01. The standard InChI is InChI=1S/C20H14ClFN4O3/c21-14-5-3-13(4-6-14)18-17-19(29-25-18)24-11-26(20(17)28)10-16(27)23-9-12-1-7-15(22)8-2-12/h1-8,11H,9-10H2,(H,23,27). The number of nitrogens with one attached hydrogen (secondary N) is 1. The van der Waals surface area contributed by atoms with Crippen LogP contribution in [0.5, 0.6) is 0 Å². The normalized spacial score (nSPS) is 11.0. The zero-order valence-electron chi connectivity index (χ0n) is 14.9. The molecule has 0 bridgehead atoms. The Hall–Kier alpha value is -3.52. The van der Waals surface area contributed by atoms with Crippen molar-refractivity contribution in [1.29, 1.82) is 0 Å². The molecule has 9 heteroatoms. The van der Waals surface area contributed by atoms with Gasteiger partial charge in [0.2, 0.25) is 5.91 Å². The van der Waals surface area contributed by atoms with E-state index in [2.05, 4.69) is 15.5 Å². The number of nitrogens with zero attached hydrogens (tertiary/aromatic N) is 3. The van der Waals surface area contributed by atoms with Gasteiger partial charge >= 0.3 is 0 Å². The molecule has 2 aromatic carbocycles. The van der Waals surface area contributed by atoms with Crippen molar-refractivity contribution < 1.29 is 13.7 Å². The molecule has 4 aromatic rings. The number of hydrogen-bond donors (Lipinski definition) is 1. The topological polar surface area (TPSA) is 90.0 Å². The summed E-state index contributed by atoms with van der Waals surface area (Å²) in [5.41, 5.74) is 1.35. The number of amides is 1. The van der Waals surface area contributed by atoms with Gasteiger partial charge in [0, 0.05) is 17.1 Å². The largest absolute Gasteiger partial charge is 0.350 e. The maximum atomic E-state index is 12.9. The summed E-state index contributed by atoms with van der Waals surface area (Å²) in [4.78, 5) is 29.2. The lowest BCUT2D eigenvalue weighted by molar-refractivity contribution is -0.121. The van der Waals surface area contributed by atoms with Gasteiger partial charge in [0.25, 0.3) is 11.3 Å². The second-order valence-corrected chi connectivity index (χ2v) is 6.74. The molecule has 0 saturated carbocycles. The molecule has 0 saturated heterocycles. The minimum absolute atomic E-state index is 0.0860. The van der Waals surface area contributed by atoms with Crippen LogP contribution in [0.2, 0.25) is 5.02 Å². The first kappa shape index (κ1) is 18.8. The van der Waals surface area contributed by atoms with Gasteiger partial charge in [0.05, 0.1) is 0 Å². The van der Waals surface area contributed by atoms with E-state index in [0.717, 1.165) is 5.56 Å². The maximum Gasteiger partial charge on any atom is 0.267 e. The highest BCUT2D eigenvalue weighted by Gasteiger charge is 2.18. The molecule has 2 heterocycles. The number of carbonyl (C=O) groups excluding carboxylic acids is 1. The number of hydrogen-bond acceptors (Lipinski definition) is 5. The summed E-state index contributed by atoms with van der Waals surface area (Å²) in [5.74, 6) is -0.738. The number of halogens is 2. The highest BCUT2D eigenvalue weighted by atomic mass is 35.5. The first-order valence-electron chi connectivity index (χ1n) is 8.63. The first-order chi connectivity index (χ1) is 14.0. The molecule has 0 radical (unpaired) electrons. The summed E-state index contributed by atoms with van der Waals surface area (Å²) >= 11 is 5.90. The van der Waals surface area contributed by atoms with Crippen molar-refractivity contribution in [1.82, 2.24) is 20.0 Å². The lowest BCUT2D eigenvalue weighted by Gasteiger charge is -2.07. The van der Waals surface area contributed by atoms with E-state index in [-0.39, 0.29) is 35.9 Å². The van der Waals surface area contributed by atoms with Crippen LogP contribution in [-0.4, -0.2) is 20.6 Å². The van der Waals surface area contributed by atoms with Crippen LogP contribution >= 0.6 is 11.6 Å². The van der Waals surface area contributed by atoms with Crippen molar-refractivity contribution in [3.8, 4) is 11.3 Å². The van der Waals surface area contributed by atoms with Crippen molar-refractivity contribution in [3.63, 3.8) is 0 Å². The molecule has 7 nitrogen and oxygen atoms in total. The fourth-order valence-electron chi connectivity index (χ4n) is 2.81. The predicted molar refractivity (Wildman–Crippen MR) is 105 cm³/mol. The van der Waals surface area contributed by atoms with Crippen molar-refractivity contribution in [3.05, 3.63) is 81.6 Å². The Morgan fingerprint density at radius 3 is 2.59 bits per heavy atom. The maximum absolute atomic E-state index is 12.9. The van der Waals surface area contributed by atoms with Gasteiger partial charge in [0.1, 0.15) is 29.8 Å². The van der Waals surface area contributed by atoms with Gasteiger partial charge in [-0.1, -0.05) is 41.0 Å². The van der Waals surface area contributed by atoms with Crippen molar-refractivity contribution in [2.45, 2.75) is 13.1 Å². The fraction of sp³-hybridized carbons (Fsp3) is 0.100. The van der Waals surface area contributed by atoms with Gasteiger partial charge in [-0.25, -0.2) is 9.37 Å². The Morgan fingerprint density at radius 2 is 1.86 bits per heavy atom. The van der Waals surface area contributed by atoms with E-state index in [1.165, 1.54) is 23.0 Å². The number of aromatic nitrogens is 3. The van der Waals surface area contributed by atoms with E-state index >= 15 is 0 Å². The zero-order valence-corrected chi connectivity index (χ0v) is 15.7. The molecule has 0 aliphatic carbocycles. The van der Waals surface area contributed by atoms with Gasteiger partial charge in [-0.05, 0) is 29.8 Å². The molecule has 0 aliphatic rings. The predicted octanol–water partition coefficient (Wildman–Crippen LogP) is 3.16. The second-order valence-electron chi connectivity index (χ2n) is 6.30. The van der Waals surface area contributed by atoms with Gasteiger partial charge in [-0.2, -0.15) is 0 Å². The van der Waals surface area contributed by atoms with Crippen LogP contribution in [0.3, 0.4) is 0 Å². The van der Waals surface area contributed by atoms with Gasteiger partial charge in [-0.3, -0.25) is 14.2 Å². The molecule has 1 amide bonds. The molecule has 0 atom stereocenters. The Morgan fingerprint density at radius 1 is 1.14 bits per heavy atom. The van der Waals surface area contributed by atoms with E-state index in [0.29, 0.717) is 16.3 Å². The highest BCUT2D eigenvalue weighted by Crippen LogP contribution is 2.25. The lowest BCUT2D eigenvalue weighted by Crippen LogP contribution is -2.32. The molecule has 146 valence electrons. The Labute approximate surface area is 168 Å². The molecule has 0 aliphatic heterocycles. The van der Waals surface area contributed by atoms with Crippen LogP contribution in [-0.2, 0) is 17.9 Å². The molecule has 4 rings (SSSR count). The van der Waals surface area contributed by atoms with E-state index in [9.17, 15) is 14.0 Å².